The van der Waals surface area contributed by atoms with Crippen LogP contribution in [0.1, 0.15) is 52.5 Å². The molecule has 1 unspecified atom stereocenters. The van der Waals surface area contributed by atoms with Gasteiger partial charge in [-0.05, 0) is 38.8 Å². The summed E-state index contributed by atoms with van der Waals surface area (Å²) < 4.78 is 9.99. The summed E-state index contributed by atoms with van der Waals surface area (Å²) >= 11 is 0. The minimum absolute atomic E-state index is 0.0719. The fraction of sp³-hybridized carbons (Fsp3) is 0.450. The van der Waals surface area contributed by atoms with Gasteiger partial charge in [0.2, 0.25) is 0 Å². The average Bonchev–Trinajstić information content (AvgIpc) is 2.89. The molecule has 0 aliphatic carbocycles. The zero-order valence-corrected chi connectivity index (χ0v) is 15.5. The van der Waals surface area contributed by atoms with Gasteiger partial charge < -0.3 is 9.26 Å². The maximum absolute atomic E-state index is 12.6. The molecule has 5 heteroatoms. The van der Waals surface area contributed by atoms with Crippen LogP contribution in [0.4, 0.5) is 0 Å². The van der Waals surface area contributed by atoms with Gasteiger partial charge in [-0.2, -0.15) is 0 Å². The van der Waals surface area contributed by atoms with E-state index in [1.54, 1.807) is 0 Å². The fourth-order valence-corrected chi connectivity index (χ4v) is 2.92. The first-order valence-corrected chi connectivity index (χ1v) is 8.39. The van der Waals surface area contributed by atoms with Crippen LogP contribution in [0, 0.1) is 27.7 Å². The van der Waals surface area contributed by atoms with Crippen molar-refractivity contribution in [2.75, 3.05) is 7.11 Å². The molecule has 0 saturated carbocycles. The lowest BCUT2D eigenvalue weighted by Crippen LogP contribution is -2.16. The second-order valence-corrected chi connectivity index (χ2v) is 6.58. The van der Waals surface area contributed by atoms with E-state index in [4.69, 9.17) is 9.26 Å². The predicted octanol–water partition coefficient (Wildman–Crippen LogP) is 3.76. The number of aryl methyl sites for hydroxylation is 3. The maximum atomic E-state index is 12.6. The van der Waals surface area contributed by atoms with Crippen molar-refractivity contribution < 1.29 is 18.8 Å². The Kier molecular flexibility index (Phi) is 6.12. The van der Waals surface area contributed by atoms with Crippen LogP contribution in [-0.2, 0) is 20.7 Å². The smallest absolute Gasteiger partial charge is 0.306 e. The van der Waals surface area contributed by atoms with Gasteiger partial charge >= 0.3 is 5.97 Å². The summed E-state index contributed by atoms with van der Waals surface area (Å²) in [5.74, 6) is 0.0848. The first-order chi connectivity index (χ1) is 11.8. The van der Waals surface area contributed by atoms with Gasteiger partial charge in [0.1, 0.15) is 11.5 Å². The topological polar surface area (TPSA) is 69.4 Å². The lowest BCUT2D eigenvalue weighted by atomic mass is 9.90. The van der Waals surface area contributed by atoms with Crippen molar-refractivity contribution in [2.24, 2.45) is 0 Å². The number of ether oxygens (including phenoxy) is 1. The molecule has 0 spiro atoms. The zero-order chi connectivity index (χ0) is 18.6. The molecule has 0 fully saturated rings. The Hall–Kier alpha value is -2.43. The highest BCUT2D eigenvalue weighted by atomic mass is 16.5. The number of rotatable bonds is 7. The van der Waals surface area contributed by atoms with Crippen molar-refractivity contribution in [3.05, 3.63) is 51.9 Å². The summed E-state index contributed by atoms with van der Waals surface area (Å²) in [5, 5.41) is 4.06. The van der Waals surface area contributed by atoms with Crippen LogP contribution in [0.2, 0.25) is 0 Å². The molecule has 1 aromatic carbocycles. The largest absolute Gasteiger partial charge is 0.469 e. The third kappa shape index (κ3) is 4.78. The molecule has 1 atom stereocenters. The molecule has 0 saturated heterocycles. The first kappa shape index (κ1) is 18.9. The van der Waals surface area contributed by atoms with E-state index in [2.05, 4.69) is 5.16 Å². The number of methoxy groups -OCH3 is 1. The standard InChI is InChI=1S/C20H25NO4/c1-12-6-7-13(2)16(8-12)9-18(22)10-17(11-19(23)24-5)20-14(3)15(4)25-21-20/h6-8,17H,9-11H2,1-5H3. The molecule has 5 nitrogen and oxygen atoms in total. The molecule has 25 heavy (non-hydrogen) atoms. The van der Waals surface area contributed by atoms with Crippen molar-refractivity contribution >= 4 is 11.8 Å². The van der Waals surface area contributed by atoms with Crippen LogP contribution >= 0.6 is 0 Å². The highest BCUT2D eigenvalue weighted by Crippen LogP contribution is 2.28. The molecule has 0 aliphatic rings. The van der Waals surface area contributed by atoms with E-state index in [1.807, 2.05) is 45.9 Å². The Morgan fingerprint density at radius 2 is 1.88 bits per heavy atom. The molecule has 0 aliphatic heterocycles. The number of ketones is 1. The monoisotopic (exact) mass is 343 g/mol. The summed E-state index contributed by atoms with van der Waals surface area (Å²) in [6, 6.07) is 6.09. The summed E-state index contributed by atoms with van der Waals surface area (Å²) in [6.45, 7) is 7.72. The van der Waals surface area contributed by atoms with Crippen molar-refractivity contribution in [2.45, 2.75) is 52.9 Å². The SMILES string of the molecule is COC(=O)CC(CC(=O)Cc1cc(C)ccc1C)c1noc(C)c1C. The van der Waals surface area contributed by atoms with Crippen LogP contribution in [-0.4, -0.2) is 24.0 Å². The number of carbonyl (C=O) groups excluding carboxylic acids is 2. The molecule has 2 aromatic rings. The Balaban J connectivity index is 2.18. The van der Waals surface area contributed by atoms with Crippen molar-refractivity contribution in [1.29, 1.82) is 0 Å². The molecule has 2 rings (SSSR count). The molecular weight excluding hydrogens is 318 g/mol. The molecule has 1 aromatic heterocycles. The van der Waals surface area contributed by atoms with E-state index >= 15 is 0 Å². The first-order valence-electron chi connectivity index (χ1n) is 8.39. The quantitative estimate of drug-likeness (QED) is 0.716. The predicted molar refractivity (Wildman–Crippen MR) is 94.6 cm³/mol. The number of carbonyl (C=O) groups is 2. The van der Waals surface area contributed by atoms with Crippen LogP contribution in [0.5, 0.6) is 0 Å². The molecular formula is C20H25NO4. The van der Waals surface area contributed by atoms with Crippen molar-refractivity contribution in [3.63, 3.8) is 0 Å². The second kappa shape index (κ2) is 8.10. The Morgan fingerprint density at radius 3 is 2.48 bits per heavy atom. The second-order valence-electron chi connectivity index (χ2n) is 6.58. The van der Waals surface area contributed by atoms with Crippen LogP contribution < -0.4 is 0 Å². The Bertz CT molecular complexity index is 776. The lowest BCUT2D eigenvalue weighted by molar-refractivity contribution is -0.141. The van der Waals surface area contributed by atoms with Gasteiger partial charge in [0, 0.05) is 24.3 Å². The van der Waals surface area contributed by atoms with Gasteiger partial charge in [0.05, 0.1) is 19.2 Å². The summed E-state index contributed by atoms with van der Waals surface area (Å²) in [4.78, 5) is 24.4. The van der Waals surface area contributed by atoms with Crippen LogP contribution in [0.3, 0.4) is 0 Å². The highest BCUT2D eigenvalue weighted by molar-refractivity contribution is 5.83. The number of benzene rings is 1. The van der Waals surface area contributed by atoms with E-state index in [-0.39, 0.29) is 30.5 Å². The van der Waals surface area contributed by atoms with Gasteiger partial charge in [-0.15, -0.1) is 0 Å². The van der Waals surface area contributed by atoms with E-state index < -0.39 is 0 Å². The number of esters is 1. The Labute approximate surface area is 148 Å². The normalized spacial score (nSPS) is 12.0. The summed E-state index contributed by atoms with van der Waals surface area (Å²) in [6.07, 6.45) is 0.693. The van der Waals surface area contributed by atoms with Crippen molar-refractivity contribution in [3.8, 4) is 0 Å². The molecule has 134 valence electrons. The maximum Gasteiger partial charge on any atom is 0.306 e. The third-order valence-corrected chi connectivity index (χ3v) is 4.59. The average molecular weight is 343 g/mol. The van der Waals surface area contributed by atoms with E-state index in [1.165, 1.54) is 7.11 Å². The van der Waals surface area contributed by atoms with E-state index in [0.717, 1.165) is 22.3 Å². The van der Waals surface area contributed by atoms with Gasteiger partial charge in [0.25, 0.3) is 0 Å². The Morgan fingerprint density at radius 1 is 1.16 bits per heavy atom. The highest BCUT2D eigenvalue weighted by Gasteiger charge is 2.25. The van der Waals surface area contributed by atoms with Gasteiger partial charge in [-0.1, -0.05) is 28.9 Å². The third-order valence-electron chi connectivity index (χ3n) is 4.59. The molecule has 0 radical (unpaired) electrons. The summed E-state index contributed by atoms with van der Waals surface area (Å²) in [5.41, 5.74) is 4.79. The minimum atomic E-state index is -0.357. The van der Waals surface area contributed by atoms with E-state index in [0.29, 0.717) is 17.9 Å². The van der Waals surface area contributed by atoms with Gasteiger partial charge in [-0.25, -0.2) is 0 Å². The van der Waals surface area contributed by atoms with E-state index in [9.17, 15) is 9.59 Å². The molecule has 0 amide bonds. The molecule has 0 N–H and O–H groups in total. The van der Waals surface area contributed by atoms with Crippen LogP contribution in [0.25, 0.3) is 0 Å². The minimum Gasteiger partial charge on any atom is -0.469 e. The number of nitrogens with zero attached hydrogens (tertiary/aromatic N) is 1. The molecule has 0 bridgehead atoms. The molecule has 1 heterocycles. The van der Waals surface area contributed by atoms with Gasteiger partial charge in [-0.3, -0.25) is 9.59 Å². The van der Waals surface area contributed by atoms with Crippen molar-refractivity contribution in [1.82, 2.24) is 5.16 Å². The summed E-state index contributed by atoms with van der Waals surface area (Å²) in [7, 11) is 1.35. The fourth-order valence-electron chi connectivity index (χ4n) is 2.92. The number of aromatic nitrogens is 1. The number of hydrogen-bond donors (Lipinski definition) is 0. The number of Topliss-reactive ketones (excluding diaryl/α,β-unsaturated/α-hetero) is 1. The van der Waals surface area contributed by atoms with Crippen LogP contribution in [0.15, 0.2) is 22.7 Å². The lowest BCUT2D eigenvalue weighted by Gasteiger charge is -2.14. The van der Waals surface area contributed by atoms with Gasteiger partial charge in [0.15, 0.2) is 0 Å². The number of hydrogen-bond acceptors (Lipinski definition) is 5. The zero-order valence-electron chi connectivity index (χ0n) is 15.5.